The number of sulfonamides is 1. The molecule has 0 aliphatic carbocycles. The fourth-order valence-corrected chi connectivity index (χ4v) is 4.31. The standard InChI is InChI=1S/C22H25N3O4S/c1-2-30(28,29)25(14-13-19-15-23-21-6-4-3-5-20(19)21)16-18-9-7-17(8-10-18)11-12-22(26)24-27/h3-12,15,23,27H,2,13-14,16H2,1H3,(H,24,26). The van der Waals surface area contributed by atoms with Crippen molar-refractivity contribution >= 4 is 32.9 Å². The number of nitrogens with one attached hydrogen (secondary N) is 2. The van der Waals surface area contributed by atoms with Crippen molar-refractivity contribution in [3.05, 3.63) is 77.5 Å². The Morgan fingerprint density at radius 1 is 1.17 bits per heavy atom. The molecule has 1 heterocycles. The number of para-hydroxylation sites is 1. The molecule has 1 amide bonds. The Morgan fingerprint density at radius 2 is 1.90 bits per heavy atom. The highest BCUT2D eigenvalue weighted by Gasteiger charge is 2.20. The van der Waals surface area contributed by atoms with Crippen LogP contribution in [0.25, 0.3) is 17.0 Å². The first-order valence-corrected chi connectivity index (χ1v) is 11.3. The first kappa shape index (κ1) is 21.8. The maximum Gasteiger partial charge on any atom is 0.267 e. The van der Waals surface area contributed by atoms with Gasteiger partial charge in [0.05, 0.1) is 5.75 Å². The molecule has 3 rings (SSSR count). The smallest absolute Gasteiger partial charge is 0.267 e. The number of carbonyl (C=O) groups excluding carboxylic acids is 1. The van der Waals surface area contributed by atoms with Gasteiger partial charge in [0.1, 0.15) is 0 Å². The van der Waals surface area contributed by atoms with Crippen molar-refractivity contribution in [2.45, 2.75) is 19.9 Å². The average Bonchev–Trinajstić information content (AvgIpc) is 3.18. The summed E-state index contributed by atoms with van der Waals surface area (Å²) in [6, 6.07) is 15.2. The largest absolute Gasteiger partial charge is 0.361 e. The molecule has 0 fully saturated rings. The van der Waals surface area contributed by atoms with Crippen LogP contribution in [0.15, 0.2) is 60.8 Å². The van der Waals surface area contributed by atoms with Crippen molar-refractivity contribution in [1.82, 2.24) is 14.8 Å². The summed E-state index contributed by atoms with van der Waals surface area (Å²) in [5.41, 5.74) is 5.28. The number of hydrogen-bond donors (Lipinski definition) is 3. The van der Waals surface area contributed by atoms with E-state index in [1.54, 1.807) is 25.1 Å². The molecule has 0 saturated heterocycles. The fraction of sp³-hybridized carbons (Fsp3) is 0.227. The molecule has 7 nitrogen and oxygen atoms in total. The molecule has 1 aromatic heterocycles. The van der Waals surface area contributed by atoms with E-state index in [0.29, 0.717) is 13.0 Å². The molecule has 0 aliphatic heterocycles. The zero-order valence-electron chi connectivity index (χ0n) is 16.7. The SMILES string of the molecule is CCS(=O)(=O)N(CCc1c[nH]c2ccccc12)Cc1ccc(C=CC(=O)NO)cc1. The zero-order chi connectivity index (χ0) is 21.6. The number of fused-ring (bicyclic) bond motifs is 1. The van der Waals surface area contributed by atoms with Crippen molar-refractivity contribution in [3.8, 4) is 0 Å². The number of aromatic nitrogens is 1. The summed E-state index contributed by atoms with van der Waals surface area (Å²) < 4.78 is 26.8. The maximum absolute atomic E-state index is 12.6. The summed E-state index contributed by atoms with van der Waals surface area (Å²) >= 11 is 0. The number of hydroxylamine groups is 1. The highest BCUT2D eigenvalue weighted by atomic mass is 32.2. The van der Waals surface area contributed by atoms with Gasteiger partial charge in [-0.25, -0.2) is 13.9 Å². The van der Waals surface area contributed by atoms with Crippen LogP contribution in [-0.2, 0) is 27.8 Å². The van der Waals surface area contributed by atoms with Gasteiger partial charge in [-0.2, -0.15) is 4.31 Å². The predicted molar refractivity (Wildman–Crippen MR) is 117 cm³/mol. The molecule has 8 heteroatoms. The van der Waals surface area contributed by atoms with Crippen molar-refractivity contribution < 1.29 is 18.4 Å². The minimum atomic E-state index is -3.37. The van der Waals surface area contributed by atoms with Gasteiger partial charge in [0.2, 0.25) is 10.0 Å². The molecule has 0 aliphatic rings. The lowest BCUT2D eigenvalue weighted by Gasteiger charge is -2.21. The van der Waals surface area contributed by atoms with Crippen LogP contribution in [0.5, 0.6) is 0 Å². The predicted octanol–water partition coefficient (Wildman–Crippen LogP) is 3.08. The second-order valence-electron chi connectivity index (χ2n) is 6.89. The van der Waals surface area contributed by atoms with Gasteiger partial charge < -0.3 is 4.98 Å². The summed E-state index contributed by atoms with van der Waals surface area (Å²) in [4.78, 5) is 14.3. The van der Waals surface area contributed by atoms with Gasteiger partial charge in [-0.1, -0.05) is 42.5 Å². The van der Waals surface area contributed by atoms with Gasteiger partial charge in [0.15, 0.2) is 0 Å². The average molecular weight is 428 g/mol. The first-order chi connectivity index (χ1) is 14.4. The van der Waals surface area contributed by atoms with Crippen molar-refractivity contribution in [1.29, 1.82) is 0 Å². The molecule has 0 radical (unpaired) electrons. The van der Waals surface area contributed by atoms with Gasteiger partial charge in [-0.05, 0) is 42.2 Å². The molecule has 0 spiro atoms. The van der Waals surface area contributed by atoms with E-state index in [-0.39, 0.29) is 12.3 Å². The van der Waals surface area contributed by atoms with E-state index in [1.165, 1.54) is 15.9 Å². The lowest BCUT2D eigenvalue weighted by molar-refractivity contribution is -0.124. The number of nitrogens with zero attached hydrogens (tertiary/aromatic N) is 1. The maximum atomic E-state index is 12.6. The second-order valence-corrected chi connectivity index (χ2v) is 9.15. The molecule has 30 heavy (non-hydrogen) atoms. The van der Waals surface area contributed by atoms with E-state index in [2.05, 4.69) is 4.98 Å². The highest BCUT2D eigenvalue weighted by molar-refractivity contribution is 7.89. The van der Waals surface area contributed by atoms with Gasteiger partial charge >= 0.3 is 0 Å². The summed E-state index contributed by atoms with van der Waals surface area (Å²) in [6.07, 6.45) is 5.32. The van der Waals surface area contributed by atoms with Crippen LogP contribution >= 0.6 is 0 Å². The van der Waals surface area contributed by atoms with E-state index in [4.69, 9.17) is 5.21 Å². The lowest BCUT2D eigenvalue weighted by atomic mass is 10.1. The number of H-pyrrole nitrogens is 1. The Morgan fingerprint density at radius 3 is 2.60 bits per heavy atom. The van der Waals surface area contributed by atoms with Crippen LogP contribution in [0.3, 0.4) is 0 Å². The van der Waals surface area contributed by atoms with E-state index in [9.17, 15) is 13.2 Å². The molecular weight excluding hydrogens is 402 g/mol. The second kappa shape index (κ2) is 9.71. The van der Waals surface area contributed by atoms with E-state index >= 15 is 0 Å². The number of benzene rings is 2. The molecule has 2 aromatic carbocycles. The third kappa shape index (κ3) is 5.35. The Labute approximate surface area is 176 Å². The highest BCUT2D eigenvalue weighted by Crippen LogP contribution is 2.20. The summed E-state index contributed by atoms with van der Waals surface area (Å²) in [5, 5.41) is 9.62. The van der Waals surface area contributed by atoms with E-state index < -0.39 is 15.9 Å². The van der Waals surface area contributed by atoms with Crippen LogP contribution in [-0.4, -0.2) is 41.1 Å². The van der Waals surface area contributed by atoms with Gasteiger partial charge in [-0.15, -0.1) is 0 Å². The Balaban J connectivity index is 1.73. The third-order valence-electron chi connectivity index (χ3n) is 4.94. The molecule has 0 unspecified atom stereocenters. The fourth-order valence-electron chi connectivity index (χ4n) is 3.23. The lowest BCUT2D eigenvalue weighted by Crippen LogP contribution is -2.33. The molecular formula is C22H25N3O4S. The minimum Gasteiger partial charge on any atom is -0.361 e. The Kier molecular flexibility index (Phi) is 7.04. The summed E-state index contributed by atoms with van der Waals surface area (Å²) in [7, 11) is -3.37. The number of carbonyl (C=O) groups is 1. The quantitative estimate of drug-likeness (QED) is 0.277. The van der Waals surface area contributed by atoms with Crippen LogP contribution in [0.4, 0.5) is 0 Å². The molecule has 3 aromatic rings. The van der Waals surface area contributed by atoms with Crippen molar-refractivity contribution in [2.24, 2.45) is 0 Å². The summed E-state index contributed by atoms with van der Waals surface area (Å²) in [5.74, 6) is -0.575. The molecule has 158 valence electrons. The number of amides is 1. The molecule has 3 N–H and O–H groups in total. The van der Waals surface area contributed by atoms with Crippen LogP contribution < -0.4 is 5.48 Å². The molecule has 0 bridgehead atoms. The summed E-state index contributed by atoms with van der Waals surface area (Å²) in [6.45, 7) is 2.31. The molecule has 0 saturated carbocycles. The number of hydrogen-bond acceptors (Lipinski definition) is 4. The van der Waals surface area contributed by atoms with E-state index in [0.717, 1.165) is 27.6 Å². The monoisotopic (exact) mass is 427 g/mol. The van der Waals surface area contributed by atoms with Crippen LogP contribution in [0.2, 0.25) is 0 Å². The topological polar surface area (TPSA) is 103 Å². The van der Waals surface area contributed by atoms with Crippen LogP contribution in [0.1, 0.15) is 23.6 Å². The number of rotatable bonds is 9. The van der Waals surface area contributed by atoms with Gasteiger partial charge in [0.25, 0.3) is 5.91 Å². The third-order valence-corrected chi connectivity index (χ3v) is 6.77. The van der Waals surface area contributed by atoms with E-state index in [1.807, 2.05) is 42.6 Å². The van der Waals surface area contributed by atoms with Crippen LogP contribution in [0, 0.1) is 0 Å². The Bertz CT molecular complexity index is 1130. The molecule has 0 atom stereocenters. The normalized spacial score (nSPS) is 12.1. The zero-order valence-corrected chi connectivity index (χ0v) is 17.5. The first-order valence-electron chi connectivity index (χ1n) is 9.67. The van der Waals surface area contributed by atoms with Gasteiger partial charge in [-0.3, -0.25) is 10.0 Å². The minimum absolute atomic E-state index is 0.0397. The van der Waals surface area contributed by atoms with Gasteiger partial charge in [0, 0.05) is 36.3 Å². The Hall–Kier alpha value is -2.94. The van der Waals surface area contributed by atoms with Crippen molar-refractivity contribution in [3.63, 3.8) is 0 Å². The van der Waals surface area contributed by atoms with Crippen molar-refractivity contribution in [2.75, 3.05) is 12.3 Å². The number of aromatic amines is 1.